The SMILES string of the molecule is O=C(CN1CCCC(c2nc(-c3ccc(F)cc3)no2)C1)Nc1ccccc1C(=O)Nc1ccccc1. The van der Waals surface area contributed by atoms with Crippen LogP contribution in [0.15, 0.2) is 83.4 Å². The monoisotopic (exact) mass is 499 g/mol. The van der Waals surface area contributed by atoms with E-state index in [1.807, 2.05) is 23.1 Å². The number of para-hydroxylation sites is 2. The fraction of sp³-hybridized carbons (Fsp3) is 0.214. The van der Waals surface area contributed by atoms with Crippen LogP contribution in [0.3, 0.4) is 0 Å². The minimum absolute atomic E-state index is 0.00724. The molecule has 4 aromatic rings. The third-order valence-electron chi connectivity index (χ3n) is 6.24. The highest BCUT2D eigenvalue weighted by molar-refractivity contribution is 6.10. The van der Waals surface area contributed by atoms with Gasteiger partial charge in [0.05, 0.1) is 23.7 Å². The van der Waals surface area contributed by atoms with E-state index in [4.69, 9.17) is 4.52 Å². The largest absolute Gasteiger partial charge is 0.339 e. The van der Waals surface area contributed by atoms with Crippen LogP contribution < -0.4 is 10.6 Å². The number of hydrogen-bond donors (Lipinski definition) is 2. The molecule has 0 spiro atoms. The fourth-order valence-corrected chi connectivity index (χ4v) is 4.42. The van der Waals surface area contributed by atoms with E-state index in [9.17, 15) is 14.0 Å². The van der Waals surface area contributed by atoms with Crippen LogP contribution in [0.4, 0.5) is 15.8 Å². The molecule has 1 aromatic heterocycles. The Kier molecular flexibility index (Phi) is 7.32. The maximum atomic E-state index is 13.2. The van der Waals surface area contributed by atoms with Gasteiger partial charge in [0.2, 0.25) is 17.6 Å². The lowest BCUT2D eigenvalue weighted by Gasteiger charge is -2.30. The second-order valence-electron chi connectivity index (χ2n) is 8.95. The molecule has 1 atom stereocenters. The zero-order valence-corrected chi connectivity index (χ0v) is 20.1. The average Bonchev–Trinajstić information content (AvgIpc) is 3.41. The van der Waals surface area contributed by atoms with Crippen LogP contribution >= 0.6 is 0 Å². The summed E-state index contributed by atoms with van der Waals surface area (Å²) in [5, 5.41) is 9.78. The molecular formula is C28H26FN5O3. The second kappa shape index (κ2) is 11.1. The summed E-state index contributed by atoms with van der Waals surface area (Å²) in [7, 11) is 0. The number of likely N-dealkylation sites (tertiary alicyclic amines) is 1. The molecule has 188 valence electrons. The molecule has 3 aromatic carbocycles. The van der Waals surface area contributed by atoms with Gasteiger partial charge in [-0.1, -0.05) is 35.5 Å². The second-order valence-corrected chi connectivity index (χ2v) is 8.95. The van der Waals surface area contributed by atoms with Crippen LogP contribution in [0, 0.1) is 5.82 Å². The lowest BCUT2D eigenvalue weighted by atomic mass is 9.98. The summed E-state index contributed by atoms with van der Waals surface area (Å²) in [6.45, 7) is 1.53. The Morgan fingerprint density at radius 2 is 1.73 bits per heavy atom. The van der Waals surface area contributed by atoms with Gasteiger partial charge in [0.25, 0.3) is 5.91 Å². The molecule has 0 saturated carbocycles. The first-order valence-corrected chi connectivity index (χ1v) is 12.1. The predicted molar refractivity (Wildman–Crippen MR) is 138 cm³/mol. The molecule has 0 radical (unpaired) electrons. The molecule has 2 N–H and O–H groups in total. The topological polar surface area (TPSA) is 100 Å². The zero-order valence-electron chi connectivity index (χ0n) is 20.1. The van der Waals surface area contributed by atoms with Crippen molar-refractivity contribution in [2.75, 3.05) is 30.3 Å². The normalized spacial score (nSPS) is 15.8. The van der Waals surface area contributed by atoms with Gasteiger partial charge in [0.15, 0.2) is 0 Å². The fourth-order valence-electron chi connectivity index (χ4n) is 4.42. The highest BCUT2D eigenvalue weighted by Crippen LogP contribution is 2.28. The lowest BCUT2D eigenvalue weighted by Crippen LogP contribution is -2.40. The number of amides is 2. The highest BCUT2D eigenvalue weighted by atomic mass is 19.1. The van der Waals surface area contributed by atoms with Gasteiger partial charge in [0, 0.05) is 17.8 Å². The van der Waals surface area contributed by atoms with Gasteiger partial charge in [-0.25, -0.2) is 4.39 Å². The first-order valence-electron chi connectivity index (χ1n) is 12.1. The quantitative estimate of drug-likeness (QED) is 0.373. The first-order chi connectivity index (χ1) is 18.0. The van der Waals surface area contributed by atoms with E-state index in [1.54, 1.807) is 48.5 Å². The zero-order chi connectivity index (χ0) is 25.6. The minimum atomic E-state index is -0.326. The van der Waals surface area contributed by atoms with Gasteiger partial charge >= 0.3 is 0 Å². The molecule has 1 aliphatic rings. The molecule has 1 fully saturated rings. The Hall–Kier alpha value is -4.37. The predicted octanol–water partition coefficient (Wildman–Crippen LogP) is 4.95. The van der Waals surface area contributed by atoms with Crippen LogP contribution in [0.25, 0.3) is 11.4 Å². The number of carbonyl (C=O) groups is 2. The number of aromatic nitrogens is 2. The van der Waals surface area contributed by atoms with E-state index in [0.29, 0.717) is 40.8 Å². The van der Waals surface area contributed by atoms with Gasteiger partial charge in [-0.15, -0.1) is 0 Å². The van der Waals surface area contributed by atoms with E-state index in [-0.39, 0.29) is 30.1 Å². The molecule has 2 amide bonds. The van der Waals surface area contributed by atoms with E-state index >= 15 is 0 Å². The van der Waals surface area contributed by atoms with Crippen LogP contribution in [0.2, 0.25) is 0 Å². The molecule has 0 aliphatic carbocycles. The van der Waals surface area contributed by atoms with Crippen molar-refractivity contribution in [3.8, 4) is 11.4 Å². The summed E-state index contributed by atoms with van der Waals surface area (Å²) in [4.78, 5) is 32.3. The van der Waals surface area contributed by atoms with Crippen LogP contribution in [-0.2, 0) is 4.79 Å². The number of hydrogen-bond acceptors (Lipinski definition) is 6. The maximum absolute atomic E-state index is 13.2. The molecule has 5 rings (SSSR count). The molecule has 37 heavy (non-hydrogen) atoms. The molecule has 0 bridgehead atoms. The van der Waals surface area contributed by atoms with Crippen molar-refractivity contribution in [2.45, 2.75) is 18.8 Å². The summed E-state index contributed by atoms with van der Waals surface area (Å²) in [5.74, 6) is 0.0783. The van der Waals surface area contributed by atoms with E-state index in [2.05, 4.69) is 20.8 Å². The maximum Gasteiger partial charge on any atom is 0.257 e. The van der Waals surface area contributed by atoms with Gasteiger partial charge < -0.3 is 15.2 Å². The van der Waals surface area contributed by atoms with Crippen LogP contribution in [0.5, 0.6) is 0 Å². The summed E-state index contributed by atoms with van der Waals surface area (Å²) < 4.78 is 18.7. The number of halogens is 1. The third-order valence-corrected chi connectivity index (χ3v) is 6.24. The lowest BCUT2D eigenvalue weighted by molar-refractivity contribution is -0.117. The highest BCUT2D eigenvalue weighted by Gasteiger charge is 2.27. The number of piperidine rings is 1. The van der Waals surface area contributed by atoms with Crippen molar-refractivity contribution in [2.24, 2.45) is 0 Å². The smallest absolute Gasteiger partial charge is 0.257 e. The summed E-state index contributed by atoms with van der Waals surface area (Å²) in [5.41, 5.74) is 2.20. The van der Waals surface area contributed by atoms with Gasteiger partial charge in [0.1, 0.15) is 5.82 Å². The van der Waals surface area contributed by atoms with E-state index in [1.165, 1.54) is 12.1 Å². The number of rotatable bonds is 7. The number of nitrogens with zero attached hydrogens (tertiary/aromatic N) is 3. The van der Waals surface area contributed by atoms with E-state index in [0.717, 1.165) is 19.4 Å². The van der Waals surface area contributed by atoms with Crippen LogP contribution in [-0.4, -0.2) is 46.5 Å². The average molecular weight is 500 g/mol. The third kappa shape index (κ3) is 6.07. The Labute approximate surface area is 213 Å². The van der Waals surface area contributed by atoms with Gasteiger partial charge in [-0.2, -0.15) is 4.98 Å². The van der Waals surface area contributed by atoms with Crippen molar-refractivity contribution in [3.63, 3.8) is 0 Å². The summed E-state index contributed by atoms with van der Waals surface area (Å²) >= 11 is 0. The van der Waals surface area contributed by atoms with Gasteiger partial charge in [-0.3, -0.25) is 14.5 Å². The van der Waals surface area contributed by atoms with Crippen molar-refractivity contribution in [1.82, 2.24) is 15.0 Å². The Bertz CT molecular complexity index is 1370. The molecule has 1 saturated heterocycles. The summed E-state index contributed by atoms with van der Waals surface area (Å²) in [6.07, 6.45) is 1.74. The van der Waals surface area contributed by atoms with Crippen molar-refractivity contribution >= 4 is 23.2 Å². The number of carbonyl (C=O) groups excluding carboxylic acids is 2. The molecule has 1 aliphatic heterocycles. The Morgan fingerprint density at radius 3 is 2.54 bits per heavy atom. The number of anilines is 2. The van der Waals surface area contributed by atoms with Gasteiger partial charge in [-0.05, 0) is 67.9 Å². The molecule has 9 heteroatoms. The standard InChI is InChI=1S/C28H26FN5O3/c29-21-14-12-19(13-15-21)26-32-28(37-33-26)20-7-6-16-34(17-20)18-25(35)31-24-11-5-4-10-23(24)27(36)30-22-8-2-1-3-9-22/h1-5,8-15,20H,6-7,16-18H2,(H,30,36)(H,31,35). The number of benzene rings is 3. The Balaban J connectivity index is 1.20. The number of nitrogens with one attached hydrogen (secondary N) is 2. The van der Waals surface area contributed by atoms with Crippen LogP contribution in [0.1, 0.15) is 35.0 Å². The van der Waals surface area contributed by atoms with Crippen molar-refractivity contribution in [1.29, 1.82) is 0 Å². The molecule has 1 unspecified atom stereocenters. The van der Waals surface area contributed by atoms with Crippen molar-refractivity contribution in [3.05, 3.63) is 96.1 Å². The summed E-state index contributed by atoms with van der Waals surface area (Å²) in [6, 6.07) is 22.0. The molecular weight excluding hydrogens is 473 g/mol. The first kappa shape index (κ1) is 24.3. The van der Waals surface area contributed by atoms with Crippen molar-refractivity contribution < 1.29 is 18.5 Å². The molecule has 8 nitrogen and oxygen atoms in total. The molecule has 2 heterocycles. The van der Waals surface area contributed by atoms with E-state index < -0.39 is 0 Å². The minimum Gasteiger partial charge on any atom is -0.339 e. The Morgan fingerprint density at radius 1 is 0.973 bits per heavy atom.